The predicted molar refractivity (Wildman–Crippen MR) is 74.4 cm³/mol. The summed E-state index contributed by atoms with van der Waals surface area (Å²) in [6.07, 6.45) is 2.33. The molecule has 0 bridgehead atoms. The maximum absolute atomic E-state index is 12.0. The van der Waals surface area contributed by atoms with Gasteiger partial charge in [0.2, 0.25) is 0 Å². The van der Waals surface area contributed by atoms with E-state index in [1.54, 1.807) is 0 Å². The SMILES string of the molecule is CCCC(C)(C)C(CC(=O)[O-])(C(=O)[O-])C(C)(C)CCC. The van der Waals surface area contributed by atoms with Crippen LogP contribution in [0.4, 0.5) is 0 Å². The highest BCUT2D eigenvalue weighted by Crippen LogP contribution is 2.57. The molecule has 0 N–H and O–H groups in total. The smallest absolute Gasteiger partial charge is 0.0490 e. The van der Waals surface area contributed by atoms with Gasteiger partial charge in [-0.25, -0.2) is 0 Å². The molecule has 0 atom stereocenters. The monoisotopic (exact) mass is 284 g/mol. The first kappa shape index (κ1) is 18.9. The number of carbonyl (C=O) groups excluding carboxylic acids is 2. The normalized spacial score (nSPS) is 13.3. The van der Waals surface area contributed by atoms with Gasteiger partial charge in [0.25, 0.3) is 0 Å². The molecule has 0 amide bonds. The van der Waals surface area contributed by atoms with Crippen LogP contribution in [0.3, 0.4) is 0 Å². The van der Waals surface area contributed by atoms with Crippen molar-refractivity contribution in [2.24, 2.45) is 16.2 Å². The number of carbonyl (C=O) groups is 2. The van der Waals surface area contributed by atoms with Crippen LogP contribution in [0.1, 0.15) is 73.6 Å². The zero-order valence-corrected chi connectivity index (χ0v) is 13.7. The lowest BCUT2D eigenvalue weighted by atomic mass is 9.49. The lowest BCUT2D eigenvalue weighted by Gasteiger charge is -2.57. The van der Waals surface area contributed by atoms with Gasteiger partial charge < -0.3 is 19.8 Å². The summed E-state index contributed by atoms with van der Waals surface area (Å²) < 4.78 is 0. The Hall–Kier alpha value is -1.06. The summed E-state index contributed by atoms with van der Waals surface area (Å²) in [7, 11) is 0. The summed E-state index contributed by atoms with van der Waals surface area (Å²) >= 11 is 0. The number of rotatable bonds is 9. The molecular formula is C16H28O4-2. The largest absolute Gasteiger partial charge is 0.550 e. The highest BCUT2D eigenvalue weighted by molar-refractivity contribution is 5.81. The van der Waals surface area contributed by atoms with Crippen LogP contribution in [-0.4, -0.2) is 11.9 Å². The quantitative estimate of drug-likeness (QED) is 0.643. The molecule has 0 aliphatic carbocycles. The fourth-order valence-electron chi connectivity index (χ4n) is 3.91. The van der Waals surface area contributed by atoms with Gasteiger partial charge >= 0.3 is 0 Å². The van der Waals surface area contributed by atoms with Gasteiger partial charge in [0.1, 0.15) is 0 Å². The average molecular weight is 284 g/mol. The molecule has 0 saturated heterocycles. The number of aliphatic carboxylic acids is 2. The molecule has 4 heteroatoms. The molecule has 0 unspecified atom stereocenters. The molecule has 0 spiro atoms. The summed E-state index contributed by atoms with van der Waals surface area (Å²) in [6, 6.07) is 0. The minimum Gasteiger partial charge on any atom is -0.550 e. The van der Waals surface area contributed by atoms with Gasteiger partial charge in [-0.1, -0.05) is 54.4 Å². The average Bonchev–Trinajstić information content (AvgIpc) is 2.24. The van der Waals surface area contributed by atoms with Gasteiger partial charge in [-0.3, -0.25) is 0 Å². The summed E-state index contributed by atoms with van der Waals surface area (Å²) in [4.78, 5) is 23.2. The van der Waals surface area contributed by atoms with Crippen LogP contribution in [0.5, 0.6) is 0 Å². The standard InChI is InChI=1S/C16H30O4/c1-7-9-14(3,4)16(13(19)20,11-12(17)18)15(5,6)10-8-2/h7-11H2,1-6H3,(H,17,18)(H,19,20)/p-2. The van der Waals surface area contributed by atoms with Crippen molar-refractivity contribution in [1.82, 2.24) is 0 Å². The zero-order valence-electron chi connectivity index (χ0n) is 13.7. The maximum atomic E-state index is 12.0. The third kappa shape index (κ3) is 3.33. The van der Waals surface area contributed by atoms with E-state index < -0.39 is 34.6 Å². The number of hydrogen-bond acceptors (Lipinski definition) is 4. The second-order valence-corrected chi connectivity index (χ2v) is 7.01. The van der Waals surface area contributed by atoms with Crippen molar-refractivity contribution in [3.8, 4) is 0 Å². The van der Waals surface area contributed by atoms with Crippen LogP contribution in [0.25, 0.3) is 0 Å². The van der Waals surface area contributed by atoms with E-state index >= 15 is 0 Å². The van der Waals surface area contributed by atoms with E-state index in [-0.39, 0.29) is 0 Å². The highest BCUT2D eigenvalue weighted by Gasteiger charge is 2.54. The molecule has 0 aromatic carbocycles. The van der Waals surface area contributed by atoms with Crippen LogP contribution >= 0.6 is 0 Å². The van der Waals surface area contributed by atoms with E-state index in [1.807, 2.05) is 41.5 Å². The van der Waals surface area contributed by atoms with E-state index in [0.29, 0.717) is 12.8 Å². The lowest BCUT2D eigenvalue weighted by Crippen LogP contribution is -2.61. The number of carboxylic acids is 2. The Morgan fingerprint density at radius 2 is 1.20 bits per heavy atom. The fraction of sp³-hybridized carbons (Fsp3) is 0.875. The second-order valence-electron chi connectivity index (χ2n) is 7.01. The first-order chi connectivity index (χ1) is 8.98. The molecule has 0 aliphatic rings. The molecule has 4 nitrogen and oxygen atoms in total. The molecule has 0 heterocycles. The molecule has 0 aromatic heterocycles. The van der Waals surface area contributed by atoms with Gasteiger partial charge in [0, 0.05) is 17.4 Å². The van der Waals surface area contributed by atoms with E-state index in [9.17, 15) is 19.8 Å². The van der Waals surface area contributed by atoms with Gasteiger partial charge in [0.05, 0.1) is 0 Å². The van der Waals surface area contributed by atoms with Crippen molar-refractivity contribution in [1.29, 1.82) is 0 Å². The summed E-state index contributed by atoms with van der Waals surface area (Å²) in [6.45, 7) is 11.2. The van der Waals surface area contributed by atoms with Crippen LogP contribution in [0.15, 0.2) is 0 Å². The Bertz CT molecular complexity index is 337. The number of carboxylic acid groups (broad SMARTS) is 2. The lowest BCUT2D eigenvalue weighted by molar-refractivity contribution is -0.343. The Balaban J connectivity index is 6.10. The molecule has 0 saturated carbocycles. The van der Waals surface area contributed by atoms with Crippen LogP contribution in [0.2, 0.25) is 0 Å². The van der Waals surface area contributed by atoms with Crippen molar-refractivity contribution in [2.45, 2.75) is 73.6 Å². The van der Waals surface area contributed by atoms with Crippen LogP contribution in [0, 0.1) is 16.2 Å². The molecule has 0 aliphatic heterocycles. The Labute approximate surface area is 122 Å². The van der Waals surface area contributed by atoms with Gasteiger partial charge in [-0.2, -0.15) is 0 Å². The Morgan fingerprint density at radius 3 is 1.40 bits per heavy atom. The van der Waals surface area contributed by atoms with E-state index in [0.717, 1.165) is 12.8 Å². The van der Waals surface area contributed by atoms with E-state index in [1.165, 1.54) is 0 Å². The topological polar surface area (TPSA) is 80.3 Å². The van der Waals surface area contributed by atoms with Crippen molar-refractivity contribution in [3.63, 3.8) is 0 Å². The minimum absolute atomic E-state index is 0.505. The van der Waals surface area contributed by atoms with E-state index in [4.69, 9.17) is 0 Å². The summed E-state index contributed by atoms with van der Waals surface area (Å²) in [5.41, 5.74) is -2.80. The van der Waals surface area contributed by atoms with Crippen molar-refractivity contribution in [3.05, 3.63) is 0 Å². The first-order valence-electron chi connectivity index (χ1n) is 7.39. The molecule has 0 aromatic rings. The fourth-order valence-corrected chi connectivity index (χ4v) is 3.91. The molecule has 0 radical (unpaired) electrons. The number of hydrogen-bond donors (Lipinski definition) is 0. The van der Waals surface area contributed by atoms with Crippen molar-refractivity contribution < 1.29 is 19.8 Å². The molecule has 20 heavy (non-hydrogen) atoms. The minimum atomic E-state index is -1.44. The van der Waals surface area contributed by atoms with Crippen LogP contribution < -0.4 is 10.2 Å². The highest BCUT2D eigenvalue weighted by atomic mass is 16.4. The molecule has 0 rings (SSSR count). The maximum Gasteiger partial charge on any atom is 0.0490 e. The van der Waals surface area contributed by atoms with Gasteiger partial charge in [-0.05, 0) is 30.1 Å². The second kappa shape index (κ2) is 6.59. The zero-order chi connectivity index (χ0) is 16.2. The van der Waals surface area contributed by atoms with Crippen LogP contribution in [-0.2, 0) is 9.59 Å². The van der Waals surface area contributed by atoms with Gasteiger partial charge in [-0.15, -0.1) is 0 Å². The van der Waals surface area contributed by atoms with Crippen molar-refractivity contribution >= 4 is 11.9 Å². The molecule has 0 fully saturated rings. The third-order valence-corrected chi connectivity index (χ3v) is 4.82. The predicted octanol–water partition coefficient (Wildman–Crippen LogP) is 1.52. The summed E-state index contributed by atoms with van der Waals surface area (Å²) in [5, 5.41) is 23.2. The molecular weight excluding hydrogens is 256 g/mol. The third-order valence-electron chi connectivity index (χ3n) is 4.82. The Kier molecular flexibility index (Phi) is 6.25. The van der Waals surface area contributed by atoms with Gasteiger partial charge in [0.15, 0.2) is 0 Å². The van der Waals surface area contributed by atoms with Crippen molar-refractivity contribution in [2.75, 3.05) is 0 Å². The Morgan fingerprint density at radius 1 is 0.850 bits per heavy atom. The summed E-state index contributed by atoms with van der Waals surface area (Å²) in [5.74, 6) is -2.61. The molecule has 118 valence electrons. The first-order valence-corrected chi connectivity index (χ1v) is 7.39. The van der Waals surface area contributed by atoms with E-state index in [2.05, 4.69) is 0 Å².